The molecular formula is C22H24N4O2S3. The van der Waals surface area contributed by atoms with E-state index in [1.807, 2.05) is 24.8 Å². The zero-order valence-corrected chi connectivity index (χ0v) is 19.9. The molecule has 0 aromatic carbocycles. The molecule has 0 fully saturated rings. The molecule has 31 heavy (non-hydrogen) atoms. The van der Waals surface area contributed by atoms with Crippen LogP contribution in [0.5, 0.6) is 0 Å². The van der Waals surface area contributed by atoms with Gasteiger partial charge >= 0.3 is 0 Å². The Kier molecular flexibility index (Phi) is 6.74. The van der Waals surface area contributed by atoms with Crippen molar-refractivity contribution in [1.82, 2.24) is 14.9 Å². The largest absolute Gasteiger partial charge is 0.369 e. The molecule has 0 bridgehead atoms. The Bertz CT molecular complexity index is 1070. The van der Waals surface area contributed by atoms with Gasteiger partial charge in [0.25, 0.3) is 0 Å². The Labute approximate surface area is 193 Å². The molecule has 1 atom stereocenters. The van der Waals surface area contributed by atoms with Gasteiger partial charge in [-0.05, 0) is 60.7 Å². The first-order valence-electron chi connectivity index (χ1n) is 10.1. The highest BCUT2D eigenvalue weighted by Crippen LogP contribution is 2.39. The Morgan fingerprint density at radius 3 is 2.65 bits per heavy atom. The maximum atomic E-state index is 13.3. The smallest absolute Gasteiger partial charge is 0.227 e. The van der Waals surface area contributed by atoms with E-state index in [1.54, 1.807) is 22.7 Å². The summed E-state index contributed by atoms with van der Waals surface area (Å²) in [5.41, 5.74) is 9.17. The summed E-state index contributed by atoms with van der Waals surface area (Å²) in [5.74, 6) is -0.0872. The second kappa shape index (κ2) is 9.50. The van der Waals surface area contributed by atoms with Gasteiger partial charge in [-0.2, -0.15) is 0 Å². The molecule has 0 spiro atoms. The Balaban J connectivity index is 1.49. The standard InChI is InChI=1S/C22H24N4O2S3/c1-13-15(14(2)25-22(24-13)31-12-19(23)27)5-6-20(28)26-9-7-17-16(8-11-30-17)21(26)18-4-3-10-29-18/h3-4,8,10-11,21H,5-7,9,12H2,1-2H3,(H2,23,27). The summed E-state index contributed by atoms with van der Waals surface area (Å²) in [7, 11) is 0. The average Bonchev–Trinajstić information content (AvgIpc) is 3.42. The second-order valence-electron chi connectivity index (χ2n) is 7.46. The van der Waals surface area contributed by atoms with Crippen molar-refractivity contribution in [3.63, 3.8) is 0 Å². The summed E-state index contributed by atoms with van der Waals surface area (Å²) < 4.78 is 0. The van der Waals surface area contributed by atoms with Gasteiger partial charge in [-0.1, -0.05) is 17.8 Å². The lowest BCUT2D eigenvalue weighted by molar-refractivity contribution is -0.133. The number of hydrogen-bond acceptors (Lipinski definition) is 7. The monoisotopic (exact) mass is 472 g/mol. The van der Waals surface area contributed by atoms with Gasteiger partial charge in [-0.15, -0.1) is 22.7 Å². The first-order valence-corrected chi connectivity index (χ1v) is 12.8. The first kappa shape index (κ1) is 22.0. The predicted octanol–water partition coefficient (Wildman–Crippen LogP) is 3.90. The van der Waals surface area contributed by atoms with Crippen LogP contribution in [-0.2, 0) is 22.4 Å². The first-order chi connectivity index (χ1) is 14.9. The maximum Gasteiger partial charge on any atom is 0.227 e. The highest BCUT2D eigenvalue weighted by Gasteiger charge is 2.33. The van der Waals surface area contributed by atoms with Crippen molar-refractivity contribution in [2.75, 3.05) is 12.3 Å². The average molecular weight is 473 g/mol. The topological polar surface area (TPSA) is 89.2 Å². The molecule has 2 N–H and O–H groups in total. The molecule has 162 valence electrons. The Hall–Kier alpha value is -2.23. The van der Waals surface area contributed by atoms with Crippen molar-refractivity contribution < 1.29 is 9.59 Å². The lowest BCUT2D eigenvalue weighted by Crippen LogP contribution is -2.39. The van der Waals surface area contributed by atoms with Gasteiger partial charge in [0.1, 0.15) is 0 Å². The van der Waals surface area contributed by atoms with Crippen molar-refractivity contribution >= 4 is 46.2 Å². The van der Waals surface area contributed by atoms with E-state index in [9.17, 15) is 9.59 Å². The van der Waals surface area contributed by atoms with E-state index in [0.717, 1.165) is 29.9 Å². The van der Waals surface area contributed by atoms with E-state index in [4.69, 9.17) is 5.73 Å². The molecule has 0 aliphatic carbocycles. The number of fused-ring (bicyclic) bond motifs is 1. The molecule has 2 amide bonds. The Morgan fingerprint density at radius 1 is 1.19 bits per heavy atom. The molecule has 1 unspecified atom stereocenters. The van der Waals surface area contributed by atoms with Crippen LogP contribution in [0.4, 0.5) is 0 Å². The molecule has 3 aromatic rings. The molecule has 9 heteroatoms. The van der Waals surface area contributed by atoms with Crippen LogP contribution in [-0.4, -0.2) is 39.0 Å². The zero-order chi connectivity index (χ0) is 22.0. The van der Waals surface area contributed by atoms with E-state index in [2.05, 4.69) is 32.9 Å². The maximum absolute atomic E-state index is 13.3. The minimum atomic E-state index is -0.394. The van der Waals surface area contributed by atoms with Crippen LogP contribution in [0.15, 0.2) is 34.1 Å². The summed E-state index contributed by atoms with van der Waals surface area (Å²) >= 11 is 4.72. The number of nitrogens with zero attached hydrogens (tertiary/aromatic N) is 3. The van der Waals surface area contributed by atoms with Crippen molar-refractivity contribution in [3.8, 4) is 0 Å². The minimum absolute atomic E-state index is 0.00789. The molecule has 3 aromatic heterocycles. The lowest BCUT2D eigenvalue weighted by atomic mass is 9.97. The van der Waals surface area contributed by atoms with Gasteiger partial charge in [0.15, 0.2) is 5.16 Å². The number of nitrogens with two attached hydrogens (primary N) is 1. The summed E-state index contributed by atoms with van der Waals surface area (Å²) in [6.45, 7) is 4.59. The van der Waals surface area contributed by atoms with Gasteiger partial charge in [-0.25, -0.2) is 9.97 Å². The number of aryl methyl sites for hydroxylation is 2. The van der Waals surface area contributed by atoms with Crippen LogP contribution in [0.2, 0.25) is 0 Å². The van der Waals surface area contributed by atoms with Gasteiger partial charge in [0, 0.05) is 34.1 Å². The third kappa shape index (κ3) is 4.83. The van der Waals surface area contributed by atoms with Crippen LogP contribution < -0.4 is 5.73 Å². The summed E-state index contributed by atoms with van der Waals surface area (Å²) in [4.78, 5) is 37.9. The second-order valence-corrected chi connectivity index (χ2v) is 10.4. The normalized spacial score (nSPS) is 15.7. The number of carbonyl (C=O) groups excluding carboxylic acids is 2. The van der Waals surface area contributed by atoms with E-state index < -0.39 is 5.91 Å². The van der Waals surface area contributed by atoms with Crippen LogP contribution in [0, 0.1) is 13.8 Å². The van der Waals surface area contributed by atoms with Gasteiger partial charge in [-0.3, -0.25) is 9.59 Å². The van der Waals surface area contributed by atoms with E-state index >= 15 is 0 Å². The van der Waals surface area contributed by atoms with Crippen molar-refractivity contribution in [2.45, 2.75) is 44.3 Å². The van der Waals surface area contributed by atoms with Gasteiger partial charge in [0.2, 0.25) is 11.8 Å². The highest BCUT2D eigenvalue weighted by atomic mass is 32.2. The molecule has 1 aliphatic heterocycles. The van der Waals surface area contributed by atoms with Gasteiger partial charge < -0.3 is 10.6 Å². The quantitative estimate of drug-likeness (QED) is 0.416. The number of rotatable bonds is 7. The fraction of sp³-hybridized carbons (Fsp3) is 0.364. The number of primary amides is 1. The van der Waals surface area contributed by atoms with Crippen LogP contribution in [0.1, 0.15) is 44.7 Å². The molecule has 4 rings (SSSR count). The van der Waals surface area contributed by atoms with Crippen LogP contribution in [0.25, 0.3) is 0 Å². The van der Waals surface area contributed by atoms with E-state index in [-0.39, 0.29) is 17.7 Å². The molecule has 1 aliphatic rings. The van der Waals surface area contributed by atoms with E-state index in [0.29, 0.717) is 18.0 Å². The summed E-state index contributed by atoms with van der Waals surface area (Å²) in [6.07, 6.45) is 1.93. The van der Waals surface area contributed by atoms with Crippen molar-refractivity contribution in [2.24, 2.45) is 5.73 Å². The Morgan fingerprint density at radius 2 is 1.97 bits per heavy atom. The van der Waals surface area contributed by atoms with Crippen molar-refractivity contribution in [1.29, 1.82) is 0 Å². The fourth-order valence-electron chi connectivity index (χ4n) is 3.98. The predicted molar refractivity (Wildman–Crippen MR) is 126 cm³/mol. The molecule has 4 heterocycles. The number of thioether (sulfide) groups is 1. The molecular weight excluding hydrogens is 448 g/mol. The minimum Gasteiger partial charge on any atom is -0.369 e. The van der Waals surface area contributed by atoms with E-state index in [1.165, 1.54) is 27.1 Å². The highest BCUT2D eigenvalue weighted by molar-refractivity contribution is 7.99. The number of amides is 2. The van der Waals surface area contributed by atoms with Crippen LogP contribution in [0.3, 0.4) is 0 Å². The summed E-state index contributed by atoms with van der Waals surface area (Å²) in [5, 5.41) is 4.74. The third-order valence-electron chi connectivity index (χ3n) is 5.43. The summed E-state index contributed by atoms with van der Waals surface area (Å²) in [6, 6.07) is 6.33. The van der Waals surface area contributed by atoms with Crippen molar-refractivity contribution in [3.05, 3.63) is 61.2 Å². The number of thiophene rings is 2. The van der Waals surface area contributed by atoms with Crippen LogP contribution >= 0.6 is 34.4 Å². The third-order valence-corrected chi connectivity index (χ3v) is 8.22. The molecule has 0 saturated heterocycles. The van der Waals surface area contributed by atoms with Gasteiger partial charge in [0.05, 0.1) is 11.8 Å². The SMILES string of the molecule is Cc1nc(SCC(N)=O)nc(C)c1CCC(=O)N1CCc2sccc2C1c1cccs1. The number of hydrogen-bond donors (Lipinski definition) is 1. The fourth-order valence-corrected chi connectivity index (χ4v) is 6.42. The zero-order valence-electron chi connectivity index (χ0n) is 17.5. The lowest BCUT2D eigenvalue weighted by Gasteiger charge is -2.35. The molecule has 6 nitrogen and oxygen atoms in total. The molecule has 0 saturated carbocycles. The number of carbonyl (C=O) groups is 2. The molecule has 0 radical (unpaired) electrons. The number of aromatic nitrogens is 2.